The summed E-state index contributed by atoms with van der Waals surface area (Å²) in [5.41, 5.74) is 0.164. The van der Waals surface area contributed by atoms with Crippen LogP contribution in [0.1, 0.15) is 6.92 Å². The van der Waals surface area contributed by atoms with Gasteiger partial charge in [-0.05, 0) is 31.2 Å². The Labute approximate surface area is 131 Å². The van der Waals surface area contributed by atoms with Gasteiger partial charge in [-0.3, -0.25) is 4.31 Å². The molecule has 0 heterocycles. The number of halogens is 3. The molecule has 8 heteroatoms. The number of benzene rings is 2. The van der Waals surface area contributed by atoms with Crippen LogP contribution in [0.2, 0.25) is 0 Å². The molecule has 0 saturated heterocycles. The zero-order chi connectivity index (χ0) is 17.2. The first-order valence-corrected chi connectivity index (χ1v) is 8.08. The minimum Gasteiger partial charge on any atom is -0.392 e. The second-order valence-electron chi connectivity index (χ2n) is 4.89. The van der Waals surface area contributed by atoms with Crippen molar-refractivity contribution in [2.75, 3.05) is 10.8 Å². The molecule has 0 fully saturated rings. The Balaban J connectivity index is 2.60. The number of rotatable bonds is 5. The third-order valence-corrected chi connectivity index (χ3v) is 4.85. The van der Waals surface area contributed by atoms with E-state index in [4.69, 9.17) is 0 Å². The van der Waals surface area contributed by atoms with Gasteiger partial charge in [0.15, 0.2) is 17.5 Å². The van der Waals surface area contributed by atoms with Crippen molar-refractivity contribution in [3.05, 3.63) is 59.9 Å². The van der Waals surface area contributed by atoms with Gasteiger partial charge in [0, 0.05) is 0 Å². The monoisotopic (exact) mass is 345 g/mol. The highest BCUT2D eigenvalue weighted by molar-refractivity contribution is 7.92. The zero-order valence-corrected chi connectivity index (χ0v) is 12.9. The molecule has 0 bridgehead atoms. The van der Waals surface area contributed by atoms with Crippen molar-refractivity contribution in [1.82, 2.24) is 0 Å². The van der Waals surface area contributed by atoms with Crippen LogP contribution in [0.15, 0.2) is 47.4 Å². The summed E-state index contributed by atoms with van der Waals surface area (Å²) in [6, 6.07) is 8.84. The lowest BCUT2D eigenvalue weighted by Crippen LogP contribution is -2.37. The van der Waals surface area contributed by atoms with Crippen LogP contribution < -0.4 is 4.31 Å². The molecule has 2 aromatic carbocycles. The summed E-state index contributed by atoms with van der Waals surface area (Å²) >= 11 is 0. The van der Waals surface area contributed by atoms with Crippen LogP contribution in [0.3, 0.4) is 0 Å². The van der Waals surface area contributed by atoms with Gasteiger partial charge >= 0.3 is 0 Å². The van der Waals surface area contributed by atoms with Gasteiger partial charge in [0.2, 0.25) is 0 Å². The van der Waals surface area contributed by atoms with Gasteiger partial charge in [0.1, 0.15) is 4.90 Å². The summed E-state index contributed by atoms with van der Waals surface area (Å²) in [4.78, 5) is -0.999. The topological polar surface area (TPSA) is 57.6 Å². The molecule has 0 aromatic heterocycles. The fourth-order valence-corrected chi connectivity index (χ4v) is 3.61. The van der Waals surface area contributed by atoms with Crippen molar-refractivity contribution in [2.24, 2.45) is 0 Å². The Bertz CT molecular complexity index is 795. The molecule has 23 heavy (non-hydrogen) atoms. The first-order valence-electron chi connectivity index (χ1n) is 6.64. The molecule has 0 saturated carbocycles. The molecule has 0 aliphatic carbocycles. The highest BCUT2D eigenvalue weighted by Crippen LogP contribution is 2.27. The average molecular weight is 345 g/mol. The number of aliphatic hydroxyl groups is 1. The zero-order valence-electron chi connectivity index (χ0n) is 12.1. The van der Waals surface area contributed by atoms with Crippen LogP contribution in [0.4, 0.5) is 18.9 Å². The second kappa shape index (κ2) is 6.59. The van der Waals surface area contributed by atoms with E-state index in [-0.39, 0.29) is 12.2 Å². The lowest BCUT2D eigenvalue weighted by atomic mass is 10.3. The third kappa shape index (κ3) is 3.48. The number of para-hydroxylation sites is 1. The number of anilines is 1. The van der Waals surface area contributed by atoms with Crippen molar-refractivity contribution in [1.29, 1.82) is 0 Å². The predicted octanol–water partition coefficient (Wildman–Crippen LogP) is 2.68. The molecule has 124 valence electrons. The first kappa shape index (κ1) is 17.3. The van der Waals surface area contributed by atoms with Gasteiger partial charge in [-0.1, -0.05) is 18.2 Å². The summed E-state index contributed by atoms with van der Waals surface area (Å²) in [6.07, 6.45) is -1.06. The highest BCUT2D eigenvalue weighted by atomic mass is 32.2. The lowest BCUT2D eigenvalue weighted by Gasteiger charge is -2.26. The molecule has 2 rings (SSSR count). The standard InChI is InChI=1S/C15H14F3NO3S/c1-10(20)9-19(11-5-3-2-4-6-11)23(21,22)13-8-7-12(16)14(17)15(13)18/h2-8,10,20H,9H2,1H3/t10-/m0/s1. The van der Waals surface area contributed by atoms with Gasteiger partial charge < -0.3 is 5.11 Å². The maximum absolute atomic E-state index is 13.9. The highest BCUT2D eigenvalue weighted by Gasteiger charge is 2.31. The molecule has 4 nitrogen and oxygen atoms in total. The molecule has 0 aliphatic rings. The number of sulfonamides is 1. The summed E-state index contributed by atoms with van der Waals surface area (Å²) < 4.78 is 66.3. The van der Waals surface area contributed by atoms with Gasteiger partial charge in [-0.25, -0.2) is 21.6 Å². The summed E-state index contributed by atoms with van der Waals surface area (Å²) in [7, 11) is -4.53. The normalized spacial score (nSPS) is 12.9. The van der Waals surface area contributed by atoms with E-state index in [1.54, 1.807) is 18.2 Å². The lowest BCUT2D eigenvalue weighted by molar-refractivity contribution is 0.204. The van der Waals surface area contributed by atoms with Crippen LogP contribution in [-0.4, -0.2) is 26.2 Å². The second-order valence-corrected chi connectivity index (χ2v) is 6.72. The molecular weight excluding hydrogens is 331 g/mol. The maximum Gasteiger partial charge on any atom is 0.267 e. The van der Waals surface area contributed by atoms with Crippen molar-refractivity contribution < 1.29 is 26.7 Å². The Kier molecular flexibility index (Phi) is 4.96. The van der Waals surface area contributed by atoms with Crippen LogP contribution in [0, 0.1) is 17.5 Å². The van der Waals surface area contributed by atoms with Gasteiger partial charge in [-0.15, -0.1) is 0 Å². The first-order chi connectivity index (χ1) is 10.7. The minimum absolute atomic E-state index is 0.164. The summed E-state index contributed by atoms with van der Waals surface area (Å²) in [5.74, 6) is -5.14. The third-order valence-electron chi connectivity index (χ3n) is 3.04. The molecule has 0 unspecified atom stereocenters. The van der Waals surface area contributed by atoms with E-state index in [2.05, 4.69) is 0 Å². The summed E-state index contributed by atoms with van der Waals surface area (Å²) in [5, 5.41) is 9.53. The average Bonchev–Trinajstić information content (AvgIpc) is 2.50. The van der Waals surface area contributed by atoms with E-state index in [0.29, 0.717) is 12.1 Å². The van der Waals surface area contributed by atoms with E-state index >= 15 is 0 Å². The van der Waals surface area contributed by atoms with Crippen LogP contribution in [0.25, 0.3) is 0 Å². The van der Waals surface area contributed by atoms with Crippen molar-refractivity contribution >= 4 is 15.7 Å². The molecule has 1 N–H and O–H groups in total. The maximum atomic E-state index is 13.9. The van der Waals surface area contributed by atoms with Gasteiger partial charge in [0.25, 0.3) is 10.0 Å². The molecule has 0 aliphatic heterocycles. The van der Waals surface area contributed by atoms with E-state index < -0.39 is 38.5 Å². The van der Waals surface area contributed by atoms with Gasteiger partial charge in [-0.2, -0.15) is 0 Å². The van der Waals surface area contributed by atoms with Gasteiger partial charge in [0.05, 0.1) is 18.3 Å². The van der Waals surface area contributed by atoms with Crippen molar-refractivity contribution in [3.8, 4) is 0 Å². The molecule has 0 amide bonds. The fourth-order valence-electron chi connectivity index (χ4n) is 2.00. The number of nitrogens with zero attached hydrogens (tertiary/aromatic N) is 1. The van der Waals surface area contributed by atoms with E-state index in [1.165, 1.54) is 19.1 Å². The SMILES string of the molecule is C[C@H](O)CN(c1ccccc1)S(=O)(=O)c1ccc(F)c(F)c1F. The van der Waals surface area contributed by atoms with E-state index in [1.807, 2.05) is 0 Å². The van der Waals surface area contributed by atoms with Crippen molar-refractivity contribution in [3.63, 3.8) is 0 Å². The predicted molar refractivity (Wildman–Crippen MR) is 79.0 cm³/mol. The summed E-state index contributed by atoms with van der Waals surface area (Å²) in [6.45, 7) is 0.984. The molecule has 2 aromatic rings. The van der Waals surface area contributed by atoms with Crippen LogP contribution in [0.5, 0.6) is 0 Å². The molecule has 0 radical (unpaired) electrons. The Morgan fingerprint density at radius 2 is 1.65 bits per heavy atom. The smallest absolute Gasteiger partial charge is 0.267 e. The Morgan fingerprint density at radius 3 is 2.22 bits per heavy atom. The van der Waals surface area contributed by atoms with E-state index in [9.17, 15) is 26.7 Å². The number of aliphatic hydroxyl groups excluding tert-OH is 1. The fraction of sp³-hybridized carbons (Fsp3) is 0.200. The number of hydrogen-bond donors (Lipinski definition) is 1. The molecule has 0 spiro atoms. The quantitative estimate of drug-likeness (QED) is 0.848. The van der Waals surface area contributed by atoms with Crippen LogP contribution >= 0.6 is 0 Å². The Morgan fingerprint density at radius 1 is 1.04 bits per heavy atom. The van der Waals surface area contributed by atoms with Crippen LogP contribution in [-0.2, 0) is 10.0 Å². The van der Waals surface area contributed by atoms with E-state index in [0.717, 1.165) is 4.31 Å². The molecule has 1 atom stereocenters. The molecular formula is C15H14F3NO3S. The minimum atomic E-state index is -4.53. The van der Waals surface area contributed by atoms with Crippen molar-refractivity contribution in [2.45, 2.75) is 17.9 Å². The number of hydrogen-bond acceptors (Lipinski definition) is 3. The largest absolute Gasteiger partial charge is 0.392 e. The Hall–Kier alpha value is -2.06.